The van der Waals surface area contributed by atoms with Crippen molar-refractivity contribution in [1.82, 2.24) is 4.90 Å². The molecule has 2 saturated heterocycles. The summed E-state index contributed by atoms with van der Waals surface area (Å²) in [5.41, 5.74) is 0.373. The Morgan fingerprint density at radius 3 is 2.79 bits per heavy atom. The molecule has 0 radical (unpaired) electrons. The largest absolute Gasteiger partial charge is 0.478 e. The first-order chi connectivity index (χ1) is 9.09. The van der Waals surface area contributed by atoms with E-state index in [4.69, 9.17) is 5.11 Å². The molecular formula is C15H18FNO2. The summed E-state index contributed by atoms with van der Waals surface area (Å²) in [5.74, 6) is -1.60. The molecule has 0 aliphatic carbocycles. The van der Waals surface area contributed by atoms with Crippen molar-refractivity contribution in [1.29, 1.82) is 0 Å². The summed E-state index contributed by atoms with van der Waals surface area (Å²) < 4.78 is 14.4. The van der Waals surface area contributed by atoms with Crippen molar-refractivity contribution in [2.45, 2.75) is 43.7 Å². The molecule has 2 fully saturated rings. The van der Waals surface area contributed by atoms with Gasteiger partial charge in [-0.3, -0.25) is 4.90 Å². The van der Waals surface area contributed by atoms with Crippen LogP contribution in [0.3, 0.4) is 0 Å². The van der Waals surface area contributed by atoms with E-state index < -0.39 is 11.8 Å². The van der Waals surface area contributed by atoms with Gasteiger partial charge in [0.05, 0.1) is 5.56 Å². The number of likely N-dealkylation sites (N-methyl/N-ethyl adjacent to an activating group) is 1. The van der Waals surface area contributed by atoms with E-state index in [1.165, 1.54) is 12.5 Å². The maximum absolute atomic E-state index is 14.4. The molecule has 19 heavy (non-hydrogen) atoms. The Labute approximate surface area is 112 Å². The summed E-state index contributed by atoms with van der Waals surface area (Å²) >= 11 is 0. The fourth-order valence-corrected chi connectivity index (χ4v) is 3.80. The Hall–Kier alpha value is -1.42. The third-order valence-corrected chi connectivity index (χ3v) is 4.83. The van der Waals surface area contributed by atoms with Crippen molar-refractivity contribution in [2.75, 3.05) is 7.05 Å². The number of carboxylic acid groups (broad SMARTS) is 1. The topological polar surface area (TPSA) is 40.5 Å². The second-order valence-corrected chi connectivity index (χ2v) is 5.66. The van der Waals surface area contributed by atoms with Crippen LogP contribution < -0.4 is 0 Å². The molecule has 1 aromatic rings. The minimum absolute atomic E-state index is 0.128. The summed E-state index contributed by atoms with van der Waals surface area (Å²) in [7, 11) is 2.10. The van der Waals surface area contributed by atoms with Crippen LogP contribution in [0.15, 0.2) is 18.2 Å². The van der Waals surface area contributed by atoms with E-state index in [9.17, 15) is 9.18 Å². The van der Waals surface area contributed by atoms with Gasteiger partial charge in [0.2, 0.25) is 0 Å². The molecule has 3 nitrogen and oxygen atoms in total. The molecular weight excluding hydrogens is 245 g/mol. The molecule has 3 rings (SSSR count). The Morgan fingerprint density at radius 1 is 1.32 bits per heavy atom. The monoisotopic (exact) mass is 263 g/mol. The van der Waals surface area contributed by atoms with E-state index in [-0.39, 0.29) is 11.5 Å². The zero-order valence-electron chi connectivity index (χ0n) is 11.0. The zero-order chi connectivity index (χ0) is 13.6. The molecule has 0 saturated carbocycles. The van der Waals surface area contributed by atoms with Crippen LogP contribution in [-0.2, 0) is 0 Å². The number of nitrogens with zero attached hydrogens (tertiary/aromatic N) is 1. The first-order valence-corrected chi connectivity index (χ1v) is 6.83. The van der Waals surface area contributed by atoms with E-state index >= 15 is 0 Å². The fraction of sp³-hybridized carbons (Fsp3) is 0.533. The van der Waals surface area contributed by atoms with Gasteiger partial charge in [-0.15, -0.1) is 0 Å². The van der Waals surface area contributed by atoms with E-state index in [1.807, 2.05) is 0 Å². The predicted molar refractivity (Wildman–Crippen MR) is 69.9 cm³/mol. The molecule has 1 aromatic carbocycles. The molecule has 2 bridgehead atoms. The maximum Gasteiger partial charge on any atom is 0.338 e. The molecule has 2 aliphatic rings. The molecule has 4 heteroatoms. The lowest BCUT2D eigenvalue weighted by molar-refractivity contribution is 0.0691. The molecule has 102 valence electrons. The van der Waals surface area contributed by atoms with Crippen LogP contribution in [0.1, 0.15) is 47.5 Å². The molecule has 3 atom stereocenters. The first-order valence-electron chi connectivity index (χ1n) is 6.83. The standard InChI is InChI=1S/C15H18FNO2/c1-17-9-5-7-10(13(17)8-6-9)11-3-2-4-12(14(11)16)15(18)19/h2-4,9-10,13H,5-8H2,1H3,(H,18,19). The number of carbonyl (C=O) groups is 1. The van der Waals surface area contributed by atoms with Crippen molar-refractivity contribution in [2.24, 2.45) is 0 Å². The summed E-state index contributed by atoms with van der Waals surface area (Å²) in [6.45, 7) is 0. The number of rotatable bonds is 2. The molecule has 3 unspecified atom stereocenters. The molecule has 0 spiro atoms. The van der Waals surface area contributed by atoms with Crippen molar-refractivity contribution in [3.05, 3.63) is 35.1 Å². The highest BCUT2D eigenvalue weighted by atomic mass is 19.1. The minimum atomic E-state index is -1.19. The van der Waals surface area contributed by atoms with Gasteiger partial charge in [-0.2, -0.15) is 0 Å². The van der Waals surface area contributed by atoms with E-state index in [2.05, 4.69) is 11.9 Å². The van der Waals surface area contributed by atoms with Gasteiger partial charge in [0.15, 0.2) is 0 Å². The first kappa shape index (κ1) is 12.6. The lowest BCUT2D eigenvalue weighted by Gasteiger charge is -2.38. The number of fused-ring (bicyclic) bond motifs is 2. The van der Waals surface area contributed by atoms with Gasteiger partial charge in [-0.05, 0) is 44.4 Å². The quantitative estimate of drug-likeness (QED) is 0.892. The van der Waals surface area contributed by atoms with Crippen LogP contribution in [-0.4, -0.2) is 35.1 Å². The second-order valence-electron chi connectivity index (χ2n) is 5.66. The average Bonchev–Trinajstić information content (AvgIpc) is 2.62. The number of piperidine rings is 1. The SMILES string of the molecule is CN1C2CCC(c3cccc(C(=O)O)c3F)C1CC2. The van der Waals surface area contributed by atoms with Gasteiger partial charge in [-0.25, -0.2) is 9.18 Å². The number of hydrogen-bond donors (Lipinski definition) is 1. The molecule has 1 N–H and O–H groups in total. The van der Waals surface area contributed by atoms with Crippen LogP contribution in [0.2, 0.25) is 0 Å². The number of halogens is 1. The number of benzene rings is 1. The van der Waals surface area contributed by atoms with Gasteiger partial charge in [0, 0.05) is 18.0 Å². The van der Waals surface area contributed by atoms with Crippen LogP contribution >= 0.6 is 0 Å². The van der Waals surface area contributed by atoms with Crippen molar-refractivity contribution < 1.29 is 14.3 Å². The number of hydrogen-bond acceptors (Lipinski definition) is 2. The molecule has 2 heterocycles. The van der Waals surface area contributed by atoms with E-state index in [0.29, 0.717) is 17.6 Å². The number of aromatic carboxylic acids is 1. The fourth-order valence-electron chi connectivity index (χ4n) is 3.80. The predicted octanol–water partition coefficient (Wildman–Crippen LogP) is 2.86. The summed E-state index contributed by atoms with van der Waals surface area (Å²) in [6, 6.07) is 5.73. The van der Waals surface area contributed by atoms with Gasteiger partial charge in [0.25, 0.3) is 0 Å². The normalized spacial score (nSPS) is 30.5. The van der Waals surface area contributed by atoms with Crippen LogP contribution in [0, 0.1) is 5.82 Å². The third kappa shape index (κ3) is 1.94. The van der Waals surface area contributed by atoms with E-state index in [1.54, 1.807) is 12.1 Å². The Morgan fingerprint density at radius 2 is 2.05 bits per heavy atom. The Balaban J connectivity index is 1.98. The highest BCUT2D eigenvalue weighted by Crippen LogP contribution is 2.43. The highest BCUT2D eigenvalue weighted by Gasteiger charge is 2.41. The highest BCUT2D eigenvalue weighted by molar-refractivity contribution is 5.88. The van der Waals surface area contributed by atoms with Gasteiger partial charge < -0.3 is 5.11 Å². The van der Waals surface area contributed by atoms with Crippen LogP contribution in [0.25, 0.3) is 0 Å². The zero-order valence-corrected chi connectivity index (χ0v) is 11.0. The average molecular weight is 263 g/mol. The maximum atomic E-state index is 14.4. The minimum Gasteiger partial charge on any atom is -0.478 e. The Bertz CT molecular complexity index is 517. The summed E-state index contributed by atoms with van der Waals surface area (Å²) in [5, 5.41) is 9.02. The van der Waals surface area contributed by atoms with Gasteiger partial charge in [0.1, 0.15) is 5.82 Å². The molecule has 0 amide bonds. The smallest absolute Gasteiger partial charge is 0.338 e. The van der Waals surface area contributed by atoms with Gasteiger partial charge >= 0.3 is 5.97 Å². The third-order valence-electron chi connectivity index (χ3n) is 4.83. The second kappa shape index (κ2) is 4.60. The summed E-state index contributed by atoms with van der Waals surface area (Å²) in [6.07, 6.45) is 4.30. The van der Waals surface area contributed by atoms with Crippen LogP contribution in [0.4, 0.5) is 4.39 Å². The summed E-state index contributed by atoms with van der Waals surface area (Å²) in [4.78, 5) is 13.4. The molecule has 2 aliphatic heterocycles. The lowest BCUT2D eigenvalue weighted by atomic mass is 9.83. The van der Waals surface area contributed by atoms with Crippen LogP contribution in [0.5, 0.6) is 0 Å². The van der Waals surface area contributed by atoms with Crippen molar-refractivity contribution >= 4 is 5.97 Å². The van der Waals surface area contributed by atoms with Crippen molar-refractivity contribution in [3.63, 3.8) is 0 Å². The van der Waals surface area contributed by atoms with Crippen molar-refractivity contribution in [3.8, 4) is 0 Å². The van der Waals surface area contributed by atoms with Gasteiger partial charge in [-0.1, -0.05) is 12.1 Å². The Kier molecular flexibility index (Phi) is 3.05. The molecule has 0 aromatic heterocycles. The number of carboxylic acids is 1. The lowest BCUT2D eigenvalue weighted by Crippen LogP contribution is -2.41. The van der Waals surface area contributed by atoms with E-state index in [0.717, 1.165) is 19.3 Å².